The van der Waals surface area contributed by atoms with E-state index in [2.05, 4.69) is 10.5 Å². The van der Waals surface area contributed by atoms with Crippen molar-refractivity contribution in [2.45, 2.75) is 37.2 Å². The molecule has 5 nitrogen and oxygen atoms in total. The van der Waals surface area contributed by atoms with Crippen molar-refractivity contribution in [3.8, 4) is 10.6 Å². The normalized spacial score (nSPS) is 22.6. The molecule has 1 amide bonds. The molecular weight excluding hydrogens is 300 g/mol. The number of amides is 1. The molecule has 1 N–H and O–H groups in total. The summed E-state index contributed by atoms with van der Waals surface area (Å²) in [6.07, 6.45) is 3.94. The maximum absolute atomic E-state index is 12.5. The van der Waals surface area contributed by atoms with Crippen LogP contribution in [-0.4, -0.2) is 30.3 Å². The van der Waals surface area contributed by atoms with Crippen LogP contribution in [0.15, 0.2) is 28.1 Å². The minimum atomic E-state index is -0.488. The Morgan fingerprint density at radius 2 is 2.41 bits per heavy atom. The first-order valence-corrected chi connectivity index (χ1v) is 8.57. The minimum absolute atomic E-state index is 0.0500. The van der Waals surface area contributed by atoms with Gasteiger partial charge < -0.3 is 14.6 Å². The monoisotopic (exact) mass is 318 g/mol. The molecule has 0 radical (unpaired) electrons. The molecule has 3 heterocycles. The Morgan fingerprint density at radius 1 is 1.50 bits per heavy atom. The first-order chi connectivity index (χ1) is 10.8. The minimum Gasteiger partial charge on any atom is -0.376 e. The van der Waals surface area contributed by atoms with Gasteiger partial charge in [-0.25, -0.2) is 0 Å². The number of ether oxygens (including phenoxy) is 1. The lowest BCUT2D eigenvalue weighted by Gasteiger charge is -2.15. The zero-order valence-electron chi connectivity index (χ0n) is 12.2. The van der Waals surface area contributed by atoms with Gasteiger partial charge in [0.25, 0.3) is 0 Å². The molecule has 2 aromatic heterocycles. The van der Waals surface area contributed by atoms with Crippen LogP contribution in [0.3, 0.4) is 0 Å². The van der Waals surface area contributed by atoms with E-state index in [1.165, 1.54) is 0 Å². The van der Waals surface area contributed by atoms with E-state index >= 15 is 0 Å². The van der Waals surface area contributed by atoms with Gasteiger partial charge in [-0.15, -0.1) is 11.3 Å². The third-order valence-corrected chi connectivity index (χ3v) is 5.35. The summed E-state index contributed by atoms with van der Waals surface area (Å²) in [6, 6.07) is 5.87. The summed E-state index contributed by atoms with van der Waals surface area (Å²) < 4.78 is 11.0. The van der Waals surface area contributed by atoms with Crippen LogP contribution in [0.4, 0.5) is 0 Å². The Morgan fingerprint density at radius 3 is 3.09 bits per heavy atom. The van der Waals surface area contributed by atoms with Crippen molar-refractivity contribution < 1.29 is 14.1 Å². The number of hydrogen-bond donors (Lipinski definition) is 1. The lowest BCUT2D eigenvalue weighted by molar-refractivity contribution is -0.124. The van der Waals surface area contributed by atoms with Crippen LogP contribution in [0.25, 0.3) is 10.6 Å². The average molecular weight is 318 g/mol. The molecule has 116 valence electrons. The number of rotatable bonds is 5. The second kappa shape index (κ2) is 5.52. The van der Waals surface area contributed by atoms with Crippen LogP contribution in [-0.2, 0) is 14.9 Å². The van der Waals surface area contributed by atoms with Crippen molar-refractivity contribution in [1.82, 2.24) is 10.5 Å². The third kappa shape index (κ3) is 2.46. The molecule has 2 fully saturated rings. The highest BCUT2D eigenvalue weighted by Gasteiger charge is 2.53. The van der Waals surface area contributed by atoms with Crippen LogP contribution >= 0.6 is 11.3 Å². The summed E-state index contributed by atoms with van der Waals surface area (Å²) in [5, 5.41) is 9.17. The molecule has 1 aliphatic carbocycles. The molecule has 2 aliphatic rings. The van der Waals surface area contributed by atoms with Crippen molar-refractivity contribution in [2.75, 3.05) is 13.2 Å². The molecule has 1 atom stereocenters. The average Bonchev–Trinajstić information content (AvgIpc) is 3.04. The van der Waals surface area contributed by atoms with Gasteiger partial charge in [0.2, 0.25) is 5.91 Å². The van der Waals surface area contributed by atoms with E-state index in [4.69, 9.17) is 9.26 Å². The van der Waals surface area contributed by atoms with E-state index in [0.29, 0.717) is 6.54 Å². The summed E-state index contributed by atoms with van der Waals surface area (Å²) in [5.74, 6) is 0.789. The van der Waals surface area contributed by atoms with Crippen molar-refractivity contribution in [1.29, 1.82) is 0 Å². The molecule has 6 heteroatoms. The Kier molecular flexibility index (Phi) is 3.50. The summed E-state index contributed by atoms with van der Waals surface area (Å²) in [5.41, 5.74) is 0.262. The van der Waals surface area contributed by atoms with Gasteiger partial charge in [0.1, 0.15) is 0 Å². The predicted octanol–water partition coefficient (Wildman–Crippen LogP) is 2.73. The Balaban J connectivity index is 1.45. The lowest BCUT2D eigenvalue weighted by atomic mass is 10.0. The van der Waals surface area contributed by atoms with E-state index in [1.807, 2.05) is 23.6 Å². The number of carbonyl (C=O) groups is 1. The van der Waals surface area contributed by atoms with Crippen molar-refractivity contribution in [2.24, 2.45) is 0 Å². The molecule has 22 heavy (non-hydrogen) atoms. The molecular formula is C16H18N2O3S. The van der Waals surface area contributed by atoms with Gasteiger partial charge in [-0.1, -0.05) is 11.2 Å². The highest BCUT2D eigenvalue weighted by molar-refractivity contribution is 7.13. The number of aromatic nitrogens is 1. The van der Waals surface area contributed by atoms with E-state index in [-0.39, 0.29) is 12.0 Å². The van der Waals surface area contributed by atoms with Gasteiger partial charge in [0, 0.05) is 19.2 Å². The zero-order valence-corrected chi connectivity index (χ0v) is 13.0. The van der Waals surface area contributed by atoms with Crippen LogP contribution in [0.1, 0.15) is 31.4 Å². The summed E-state index contributed by atoms with van der Waals surface area (Å²) >= 11 is 1.61. The summed E-state index contributed by atoms with van der Waals surface area (Å²) in [7, 11) is 0. The predicted molar refractivity (Wildman–Crippen MR) is 82.7 cm³/mol. The number of nitrogens with one attached hydrogen (secondary N) is 1. The van der Waals surface area contributed by atoms with Gasteiger partial charge in [-0.05, 0) is 37.1 Å². The first kappa shape index (κ1) is 14.0. The quantitative estimate of drug-likeness (QED) is 0.920. The lowest BCUT2D eigenvalue weighted by Crippen LogP contribution is -2.39. The SMILES string of the molecule is O=C(NCC1CCCO1)C1(c2cc(-c3cccs3)on2)CC1. The maximum atomic E-state index is 12.5. The molecule has 1 saturated heterocycles. The van der Waals surface area contributed by atoms with Crippen LogP contribution < -0.4 is 5.32 Å². The maximum Gasteiger partial charge on any atom is 0.232 e. The highest BCUT2D eigenvalue weighted by atomic mass is 32.1. The van der Waals surface area contributed by atoms with Crippen molar-refractivity contribution in [3.63, 3.8) is 0 Å². The second-order valence-corrected chi connectivity index (χ2v) is 6.93. The molecule has 2 aromatic rings. The molecule has 1 unspecified atom stereocenters. The van der Waals surface area contributed by atoms with E-state index in [0.717, 1.165) is 48.6 Å². The Labute approximate surface area is 132 Å². The number of thiophene rings is 1. The fourth-order valence-electron chi connectivity index (χ4n) is 2.94. The smallest absolute Gasteiger partial charge is 0.232 e. The molecule has 1 saturated carbocycles. The van der Waals surface area contributed by atoms with E-state index < -0.39 is 5.41 Å². The van der Waals surface area contributed by atoms with Gasteiger partial charge in [-0.3, -0.25) is 4.79 Å². The first-order valence-electron chi connectivity index (χ1n) is 7.69. The number of nitrogens with zero attached hydrogens (tertiary/aromatic N) is 1. The molecule has 0 aromatic carbocycles. The number of carbonyl (C=O) groups excluding carboxylic acids is 1. The van der Waals surface area contributed by atoms with Gasteiger partial charge in [-0.2, -0.15) is 0 Å². The summed E-state index contributed by atoms with van der Waals surface area (Å²) in [4.78, 5) is 13.6. The fraction of sp³-hybridized carbons (Fsp3) is 0.500. The largest absolute Gasteiger partial charge is 0.376 e. The fourth-order valence-corrected chi connectivity index (χ4v) is 3.61. The standard InChI is InChI=1S/C16H18N2O3S/c19-15(17-10-11-3-1-7-20-11)16(5-6-16)14-9-12(21-18-14)13-4-2-8-22-13/h2,4,8-9,11H,1,3,5-7,10H2,(H,17,19). The van der Waals surface area contributed by atoms with Crippen molar-refractivity contribution >= 4 is 17.2 Å². The van der Waals surface area contributed by atoms with Gasteiger partial charge in [0.05, 0.1) is 22.1 Å². The third-order valence-electron chi connectivity index (χ3n) is 4.46. The Hall–Kier alpha value is -1.66. The molecule has 0 spiro atoms. The van der Waals surface area contributed by atoms with E-state index in [9.17, 15) is 4.79 Å². The van der Waals surface area contributed by atoms with Crippen LogP contribution in [0.5, 0.6) is 0 Å². The van der Waals surface area contributed by atoms with E-state index in [1.54, 1.807) is 11.3 Å². The zero-order chi connectivity index (χ0) is 15.0. The Bertz CT molecular complexity index is 655. The van der Waals surface area contributed by atoms with Gasteiger partial charge >= 0.3 is 0 Å². The summed E-state index contributed by atoms with van der Waals surface area (Å²) in [6.45, 7) is 1.40. The number of hydrogen-bond acceptors (Lipinski definition) is 5. The van der Waals surface area contributed by atoms with Crippen LogP contribution in [0.2, 0.25) is 0 Å². The molecule has 4 rings (SSSR count). The second-order valence-electron chi connectivity index (χ2n) is 5.98. The molecule has 0 bridgehead atoms. The topological polar surface area (TPSA) is 64.4 Å². The highest BCUT2D eigenvalue weighted by Crippen LogP contribution is 2.48. The van der Waals surface area contributed by atoms with Crippen molar-refractivity contribution in [3.05, 3.63) is 29.3 Å². The van der Waals surface area contributed by atoms with Crippen LogP contribution in [0, 0.1) is 0 Å². The van der Waals surface area contributed by atoms with Gasteiger partial charge in [0.15, 0.2) is 5.76 Å². The molecule has 1 aliphatic heterocycles.